The summed E-state index contributed by atoms with van der Waals surface area (Å²) in [5.74, 6) is 0.463. The summed E-state index contributed by atoms with van der Waals surface area (Å²) in [6.07, 6.45) is 7.78. The molecule has 2 atom stereocenters. The van der Waals surface area contributed by atoms with Crippen LogP contribution in [0.15, 0.2) is 42.5 Å². The molecule has 0 aliphatic carbocycles. The number of hydrogen-bond donors (Lipinski definition) is 0. The number of aldehydes is 1. The van der Waals surface area contributed by atoms with E-state index in [2.05, 4.69) is 32.6 Å². The third kappa shape index (κ3) is 5.32. The summed E-state index contributed by atoms with van der Waals surface area (Å²) in [6, 6.07) is 10.2. The van der Waals surface area contributed by atoms with E-state index in [1.54, 1.807) is 0 Å². The van der Waals surface area contributed by atoms with E-state index in [0.29, 0.717) is 5.92 Å². The highest BCUT2D eigenvalue weighted by Gasteiger charge is 2.20. The van der Waals surface area contributed by atoms with E-state index >= 15 is 0 Å². The van der Waals surface area contributed by atoms with E-state index in [-0.39, 0.29) is 5.92 Å². The number of hydrogen-bond acceptors (Lipinski definition) is 1. The summed E-state index contributed by atoms with van der Waals surface area (Å²) in [4.78, 5) is 11.5. The van der Waals surface area contributed by atoms with Gasteiger partial charge in [0.15, 0.2) is 0 Å². The van der Waals surface area contributed by atoms with Gasteiger partial charge in [0, 0.05) is 5.92 Å². The quantitative estimate of drug-likeness (QED) is 0.422. The predicted octanol–water partition coefficient (Wildman–Crippen LogP) is 5.21. The summed E-state index contributed by atoms with van der Waals surface area (Å²) >= 11 is 0. The predicted molar refractivity (Wildman–Crippen MR) is 86.8 cm³/mol. The molecule has 1 nitrogen and oxygen atoms in total. The van der Waals surface area contributed by atoms with E-state index in [1.807, 2.05) is 18.2 Å². The van der Waals surface area contributed by atoms with Gasteiger partial charge in [-0.25, -0.2) is 0 Å². The van der Waals surface area contributed by atoms with Gasteiger partial charge in [0.1, 0.15) is 6.29 Å². The van der Waals surface area contributed by atoms with Crippen molar-refractivity contribution in [3.05, 3.63) is 48.0 Å². The van der Waals surface area contributed by atoms with Crippen LogP contribution in [0.5, 0.6) is 0 Å². The molecule has 1 rings (SSSR count). The summed E-state index contributed by atoms with van der Waals surface area (Å²) in [5.41, 5.74) is 2.36. The lowest BCUT2D eigenvalue weighted by Gasteiger charge is -2.23. The Morgan fingerprint density at radius 2 is 1.85 bits per heavy atom. The topological polar surface area (TPSA) is 17.1 Å². The summed E-state index contributed by atoms with van der Waals surface area (Å²) in [6.45, 7) is 8.69. The van der Waals surface area contributed by atoms with E-state index in [9.17, 15) is 4.79 Å². The Kier molecular flexibility index (Phi) is 7.94. The minimum Gasteiger partial charge on any atom is -0.303 e. The molecule has 1 aromatic carbocycles. The van der Waals surface area contributed by atoms with Gasteiger partial charge in [0.25, 0.3) is 0 Å². The van der Waals surface area contributed by atoms with Gasteiger partial charge in [0.05, 0.1) is 0 Å². The molecule has 0 amide bonds. The first kappa shape index (κ1) is 16.7. The second kappa shape index (κ2) is 9.52. The van der Waals surface area contributed by atoms with Gasteiger partial charge in [0.2, 0.25) is 0 Å². The van der Waals surface area contributed by atoms with E-state index in [1.165, 1.54) is 24.8 Å². The smallest absolute Gasteiger partial charge is 0.127 e. The lowest BCUT2D eigenvalue weighted by molar-refractivity contribution is -0.110. The number of rotatable bonds is 10. The van der Waals surface area contributed by atoms with Crippen molar-refractivity contribution in [2.75, 3.05) is 0 Å². The average molecular weight is 272 g/mol. The van der Waals surface area contributed by atoms with Crippen molar-refractivity contribution in [3.8, 4) is 0 Å². The molecule has 0 aromatic heterocycles. The number of unbranched alkanes of at least 4 members (excludes halogenated alkanes) is 1. The van der Waals surface area contributed by atoms with Crippen LogP contribution in [0.3, 0.4) is 0 Å². The summed E-state index contributed by atoms with van der Waals surface area (Å²) in [7, 11) is 0. The van der Waals surface area contributed by atoms with Gasteiger partial charge >= 0.3 is 0 Å². The molecule has 0 radical (unpaired) electrons. The SMILES string of the molecule is C=C(C(C=O)Cc1ccccc1)C(CCC)CCCC. The zero-order valence-electron chi connectivity index (χ0n) is 13.0. The highest BCUT2D eigenvalue weighted by molar-refractivity contribution is 5.59. The van der Waals surface area contributed by atoms with Crippen molar-refractivity contribution in [1.29, 1.82) is 0 Å². The van der Waals surface area contributed by atoms with Crippen LogP contribution < -0.4 is 0 Å². The molecule has 0 aliphatic heterocycles. The molecule has 110 valence electrons. The van der Waals surface area contributed by atoms with E-state index < -0.39 is 0 Å². The van der Waals surface area contributed by atoms with Crippen molar-refractivity contribution in [3.63, 3.8) is 0 Å². The van der Waals surface area contributed by atoms with Gasteiger partial charge in [-0.3, -0.25) is 0 Å². The minimum atomic E-state index is -0.0363. The van der Waals surface area contributed by atoms with Crippen molar-refractivity contribution in [2.24, 2.45) is 11.8 Å². The van der Waals surface area contributed by atoms with Gasteiger partial charge in [-0.2, -0.15) is 0 Å². The highest BCUT2D eigenvalue weighted by atomic mass is 16.1. The Morgan fingerprint density at radius 1 is 1.15 bits per heavy atom. The fourth-order valence-electron chi connectivity index (χ4n) is 2.75. The van der Waals surface area contributed by atoms with Crippen LogP contribution in [0.25, 0.3) is 0 Å². The van der Waals surface area contributed by atoms with Crippen molar-refractivity contribution in [2.45, 2.75) is 52.4 Å². The molecule has 0 spiro atoms. The fourth-order valence-corrected chi connectivity index (χ4v) is 2.75. The van der Waals surface area contributed by atoms with Crippen LogP contribution in [0.4, 0.5) is 0 Å². The van der Waals surface area contributed by atoms with Gasteiger partial charge in [-0.15, -0.1) is 0 Å². The van der Waals surface area contributed by atoms with Crippen LogP contribution in [0.2, 0.25) is 0 Å². The van der Waals surface area contributed by atoms with Gasteiger partial charge < -0.3 is 4.79 Å². The minimum absolute atomic E-state index is 0.0363. The van der Waals surface area contributed by atoms with E-state index in [4.69, 9.17) is 0 Å². The standard InChI is InChI=1S/C19H28O/c1-4-6-13-18(10-5-2)16(3)19(15-20)14-17-11-8-7-9-12-17/h7-9,11-12,15,18-19H,3-6,10,13-14H2,1-2H3. The molecule has 1 heteroatoms. The first-order chi connectivity index (χ1) is 9.72. The Balaban J connectivity index is 2.70. The van der Waals surface area contributed by atoms with Crippen LogP contribution in [0, 0.1) is 11.8 Å². The molecular formula is C19H28O. The second-order valence-electron chi connectivity index (χ2n) is 5.64. The first-order valence-electron chi connectivity index (χ1n) is 7.90. The Bertz CT molecular complexity index is 393. The van der Waals surface area contributed by atoms with Crippen LogP contribution in [-0.4, -0.2) is 6.29 Å². The molecule has 20 heavy (non-hydrogen) atoms. The van der Waals surface area contributed by atoms with Crippen molar-refractivity contribution in [1.82, 2.24) is 0 Å². The maximum atomic E-state index is 11.5. The summed E-state index contributed by atoms with van der Waals surface area (Å²) < 4.78 is 0. The Labute approximate surface area is 124 Å². The van der Waals surface area contributed by atoms with Gasteiger partial charge in [-0.1, -0.05) is 75.6 Å². The monoisotopic (exact) mass is 272 g/mol. The zero-order valence-corrected chi connectivity index (χ0v) is 13.0. The molecule has 1 aromatic rings. The molecule has 2 unspecified atom stereocenters. The number of carbonyl (C=O) groups excluding carboxylic acids is 1. The van der Waals surface area contributed by atoms with Crippen LogP contribution in [0.1, 0.15) is 51.5 Å². The third-order valence-electron chi connectivity index (χ3n) is 4.01. The number of benzene rings is 1. The largest absolute Gasteiger partial charge is 0.303 e. The van der Waals surface area contributed by atoms with Gasteiger partial charge in [-0.05, 0) is 30.7 Å². The lowest BCUT2D eigenvalue weighted by Crippen LogP contribution is -2.16. The molecule has 0 heterocycles. The normalized spacial score (nSPS) is 13.7. The Hall–Kier alpha value is -1.37. The maximum absolute atomic E-state index is 11.5. The maximum Gasteiger partial charge on any atom is 0.127 e. The fraction of sp³-hybridized carbons (Fsp3) is 0.526. The zero-order chi connectivity index (χ0) is 14.8. The third-order valence-corrected chi connectivity index (χ3v) is 4.01. The lowest BCUT2D eigenvalue weighted by atomic mass is 9.81. The van der Waals surface area contributed by atoms with Crippen molar-refractivity contribution >= 4 is 6.29 Å². The number of allylic oxidation sites excluding steroid dienone is 1. The highest BCUT2D eigenvalue weighted by Crippen LogP contribution is 2.28. The first-order valence-corrected chi connectivity index (χ1v) is 7.90. The Morgan fingerprint density at radius 3 is 2.40 bits per heavy atom. The molecule has 0 saturated carbocycles. The second-order valence-corrected chi connectivity index (χ2v) is 5.64. The average Bonchev–Trinajstić information content (AvgIpc) is 2.49. The summed E-state index contributed by atoms with van der Waals surface area (Å²) in [5, 5.41) is 0. The molecular weight excluding hydrogens is 244 g/mol. The van der Waals surface area contributed by atoms with E-state index in [0.717, 1.165) is 31.1 Å². The molecule has 0 bridgehead atoms. The molecule has 0 fully saturated rings. The van der Waals surface area contributed by atoms with Crippen molar-refractivity contribution < 1.29 is 4.79 Å². The number of carbonyl (C=O) groups is 1. The van der Waals surface area contributed by atoms with Crippen LogP contribution in [-0.2, 0) is 11.2 Å². The van der Waals surface area contributed by atoms with Crippen LogP contribution >= 0.6 is 0 Å². The molecule has 0 aliphatic rings. The molecule has 0 saturated heterocycles. The molecule has 0 N–H and O–H groups in total.